The number of hydrogen-bond acceptors (Lipinski definition) is 6. The SMILES string of the molecule is CN1CCN(c2cc(NC3CCCC(N(C)C)C3)ncn2)CC1=O. The highest BCUT2D eigenvalue weighted by molar-refractivity contribution is 5.82. The number of hydrogen-bond donors (Lipinski definition) is 1. The van der Waals surface area contributed by atoms with Gasteiger partial charge in [-0.15, -0.1) is 0 Å². The maximum Gasteiger partial charge on any atom is 0.241 e. The molecule has 2 heterocycles. The lowest BCUT2D eigenvalue weighted by molar-refractivity contribution is -0.129. The molecule has 1 N–H and O–H groups in total. The molecule has 7 nitrogen and oxygen atoms in total. The Morgan fingerprint density at radius 1 is 1.25 bits per heavy atom. The van der Waals surface area contributed by atoms with Crippen LogP contribution in [-0.4, -0.2) is 78.5 Å². The van der Waals surface area contributed by atoms with Gasteiger partial charge in [-0.2, -0.15) is 0 Å². The highest BCUT2D eigenvalue weighted by Crippen LogP contribution is 2.25. The first-order valence-corrected chi connectivity index (χ1v) is 8.77. The molecular weight excluding hydrogens is 304 g/mol. The van der Waals surface area contributed by atoms with Crippen molar-refractivity contribution in [2.45, 2.75) is 37.8 Å². The van der Waals surface area contributed by atoms with E-state index in [0.717, 1.165) is 31.1 Å². The summed E-state index contributed by atoms with van der Waals surface area (Å²) in [5.41, 5.74) is 0. The molecule has 1 aromatic heterocycles. The third-order valence-corrected chi connectivity index (χ3v) is 5.16. The van der Waals surface area contributed by atoms with Crippen LogP contribution >= 0.6 is 0 Å². The third kappa shape index (κ3) is 3.95. The molecule has 1 aromatic rings. The van der Waals surface area contributed by atoms with Gasteiger partial charge < -0.3 is 20.0 Å². The maximum absolute atomic E-state index is 11.9. The van der Waals surface area contributed by atoms with Crippen molar-refractivity contribution in [1.29, 1.82) is 0 Å². The first kappa shape index (κ1) is 17.0. The molecule has 1 amide bonds. The third-order valence-electron chi connectivity index (χ3n) is 5.16. The van der Waals surface area contributed by atoms with E-state index >= 15 is 0 Å². The summed E-state index contributed by atoms with van der Waals surface area (Å²) >= 11 is 0. The van der Waals surface area contributed by atoms with Crippen LogP contribution in [0.15, 0.2) is 12.4 Å². The molecule has 0 spiro atoms. The number of carbonyl (C=O) groups excluding carboxylic acids is 1. The summed E-state index contributed by atoms with van der Waals surface area (Å²) < 4.78 is 0. The smallest absolute Gasteiger partial charge is 0.241 e. The van der Waals surface area contributed by atoms with Gasteiger partial charge in [-0.05, 0) is 39.8 Å². The van der Waals surface area contributed by atoms with Crippen LogP contribution in [-0.2, 0) is 4.79 Å². The van der Waals surface area contributed by atoms with Crippen LogP contribution in [0, 0.1) is 0 Å². The second-order valence-corrected chi connectivity index (χ2v) is 7.12. The van der Waals surface area contributed by atoms with Gasteiger partial charge in [0.05, 0.1) is 6.54 Å². The van der Waals surface area contributed by atoms with Crippen molar-refractivity contribution in [3.63, 3.8) is 0 Å². The zero-order chi connectivity index (χ0) is 17.1. The fourth-order valence-corrected chi connectivity index (χ4v) is 3.53. The average Bonchev–Trinajstić information content (AvgIpc) is 2.58. The van der Waals surface area contributed by atoms with Crippen LogP contribution in [0.3, 0.4) is 0 Å². The minimum absolute atomic E-state index is 0.135. The number of carbonyl (C=O) groups is 1. The summed E-state index contributed by atoms with van der Waals surface area (Å²) in [4.78, 5) is 26.7. The summed E-state index contributed by atoms with van der Waals surface area (Å²) in [5, 5.41) is 3.57. The van der Waals surface area contributed by atoms with E-state index in [1.165, 1.54) is 19.3 Å². The Labute approximate surface area is 144 Å². The van der Waals surface area contributed by atoms with Gasteiger partial charge in [0.25, 0.3) is 0 Å². The van der Waals surface area contributed by atoms with Gasteiger partial charge in [0.2, 0.25) is 5.91 Å². The summed E-state index contributed by atoms with van der Waals surface area (Å²) in [6, 6.07) is 3.05. The number of piperazine rings is 1. The lowest BCUT2D eigenvalue weighted by Gasteiger charge is -2.34. The number of aromatic nitrogens is 2. The van der Waals surface area contributed by atoms with Crippen LogP contribution < -0.4 is 10.2 Å². The number of amides is 1. The highest BCUT2D eigenvalue weighted by Gasteiger charge is 2.25. The second kappa shape index (κ2) is 7.34. The van der Waals surface area contributed by atoms with Crippen LogP contribution in [0.25, 0.3) is 0 Å². The molecule has 0 bridgehead atoms. The van der Waals surface area contributed by atoms with Gasteiger partial charge in [0.1, 0.15) is 18.0 Å². The number of nitrogens with zero attached hydrogens (tertiary/aromatic N) is 5. The van der Waals surface area contributed by atoms with E-state index in [1.54, 1.807) is 11.2 Å². The van der Waals surface area contributed by atoms with Crippen molar-refractivity contribution in [3.8, 4) is 0 Å². The molecule has 1 aliphatic carbocycles. The highest BCUT2D eigenvalue weighted by atomic mass is 16.2. The Morgan fingerprint density at radius 2 is 2.08 bits per heavy atom. The Bertz CT molecular complexity index is 578. The second-order valence-electron chi connectivity index (χ2n) is 7.12. The van der Waals surface area contributed by atoms with Crippen LogP contribution in [0.2, 0.25) is 0 Å². The lowest BCUT2D eigenvalue weighted by Crippen LogP contribution is -2.48. The molecule has 2 aliphatic rings. The van der Waals surface area contributed by atoms with Crippen LogP contribution in [0.4, 0.5) is 11.6 Å². The van der Waals surface area contributed by atoms with E-state index in [0.29, 0.717) is 18.6 Å². The van der Waals surface area contributed by atoms with Gasteiger partial charge >= 0.3 is 0 Å². The summed E-state index contributed by atoms with van der Waals surface area (Å²) in [7, 11) is 6.15. The monoisotopic (exact) mass is 332 g/mol. The van der Waals surface area contributed by atoms with Gasteiger partial charge in [-0.3, -0.25) is 4.79 Å². The lowest BCUT2D eigenvalue weighted by atomic mass is 9.90. The molecule has 1 saturated carbocycles. The first-order valence-electron chi connectivity index (χ1n) is 8.77. The first-order chi connectivity index (χ1) is 11.5. The van der Waals surface area contributed by atoms with Crippen molar-refractivity contribution in [1.82, 2.24) is 19.8 Å². The maximum atomic E-state index is 11.9. The fourth-order valence-electron chi connectivity index (χ4n) is 3.53. The predicted octanol–water partition coefficient (Wildman–Crippen LogP) is 1.04. The summed E-state index contributed by atoms with van der Waals surface area (Å²) in [5.74, 6) is 1.82. The van der Waals surface area contributed by atoms with Gasteiger partial charge in [-0.1, -0.05) is 0 Å². The molecule has 2 fully saturated rings. The van der Waals surface area contributed by atoms with Gasteiger partial charge in [0.15, 0.2) is 0 Å². The summed E-state index contributed by atoms with van der Waals surface area (Å²) in [6.45, 7) is 1.93. The topological polar surface area (TPSA) is 64.6 Å². The van der Waals surface area contributed by atoms with Crippen LogP contribution in [0.1, 0.15) is 25.7 Å². The fraction of sp³-hybridized carbons (Fsp3) is 0.706. The molecule has 7 heteroatoms. The van der Waals surface area contributed by atoms with Crippen molar-refractivity contribution in [3.05, 3.63) is 12.4 Å². The Balaban J connectivity index is 1.64. The normalized spacial score (nSPS) is 25.2. The van der Waals surface area contributed by atoms with Gasteiger partial charge in [-0.25, -0.2) is 9.97 Å². The van der Waals surface area contributed by atoms with E-state index in [-0.39, 0.29) is 5.91 Å². The Kier molecular flexibility index (Phi) is 5.18. The average molecular weight is 332 g/mol. The van der Waals surface area contributed by atoms with Gasteiger partial charge in [0, 0.05) is 38.3 Å². The number of anilines is 2. The largest absolute Gasteiger partial charge is 0.367 e. The van der Waals surface area contributed by atoms with E-state index in [2.05, 4.69) is 34.3 Å². The van der Waals surface area contributed by atoms with Crippen molar-refractivity contribution in [2.75, 3.05) is 51.0 Å². The molecular formula is C17H28N6O. The number of rotatable bonds is 4. The van der Waals surface area contributed by atoms with E-state index in [9.17, 15) is 4.79 Å². The number of nitrogens with one attached hydrogen (secondary N) is 1. The summed E-state index contributed by atoms with van der Waals surface area (Å²) in [6.07, 6.45) is 6.41. The zero-order valence-corrected chi connectivity index (χ0v) is 14.9. The van der Waals surface area contributed by atoms with Crippen molar-refractivity contribution in [2.24, 2.45) is 0 Å². The Morgan fingerprint density at radius 3 is 2.83 bits per heavy atom. The molecule has 1 saturated heterocycles. The molecule has 3 rings (SSSR count). The predicted molar refractivity (Wildman–Crippen MR) is 95.2 cm³/mol. The molecule has 1 aliphatic heterocycles. The quantitative estimate of drug-likeness (QED) is 0.889. The molecule has 2 atom stereocenters. The standard InChI is InChI=1S/C17H28N6O/c1-21(2)14-6-4-5-13(9-14)20-15-10-16(19-12-18-15)23-8-7-22(3)17(24)11-23/h10,12-14H,4-9,11H2,1-3H3,(H,18,19,20). The van der Waals surface area contributed by atoms with E-state index in [1.807, 2.05) is 18.0 Å². The zero-order valence-electron chi connectivity index (χ0n) is 14.9. The van der Waals surface area contributed by atoms with Crippen molar-refractivity contribution >= 4 is 17.5 Å². The van der Waals surface area contributed by atoms with E-state index < -0.39 is 0 Å². The molecule has 24 heavy (non-hydrogen) atoms. The molecule has 132 valence electrons. The van der Waals surface area contributed by atoms with Crippen LogP contribution in [0.5, 0.6) is 0 Å². The molecule has 0 aromatic carbocycles. The minimum atomic E-state index is 0.135. The molecule has 2 unspecified atom stereocenters. The van der Waals surface area contributed by atoms with Crippen molar-refractivity contribution < 1.29 is 4.79 Å². The Hall–Kier alpha value is -1.89. The molecule has 0 radical (unpaired) electrons. The number of likely N-dealkylation sites (N-methyl/N-ethyl adjacent to an activating group) is 1. The minimum Gasteiger partial charge on any atom is -0.367 e. The van der Waals surface area contributed by atoms with E-state index in [4.69, 9.17) is 0 Å².